The molecule has 1 aromatic heterocycles. The molecule has 2 aliphatic rings. The fraction of sp³-hybridized carbons (Fsp3) is 0.625. The highest BCUT2D eigenvalue weighted by Crippen LogP contribution is 2.49. The molecule has 0 N–H and O–H groups in total. The van der Waals surface area contributed by atoms with Gasteiger partial charge >= 0.3 is 13.1 Å². The van der Waals surface area contributed by atoms with Gasteiger partial charge in [0.1, 0.15) is 12.3 Å². The van der Waals surface area contributed by atoms with Gasteiger partial charge in [0.25, 0.3) is 0 Å². The second kappa shape index (κ2) is 6.07. The Labute approximate surface area is 150 Å². The molecule has 5 nitrogen and oxygen atoms in total. The summed E-state index contributed by atoms with van der Waals surface area (Å²) in [6, 6.07) is 0.286. The Kier molecular flexibility index (Phi) is 4.51. The molecule has 0 spiro atoms. The molecule has 1 aliphatic heterocycles. The molecule has 0 atom stereocenters. The van der Waals surface area contributed by atoms with Crippen LogP contribution in [0.5, 0.6) is 6.01 Å². The summed E-state index contributed by atoms with van der Waals surface area (Å²) in [5, 5.41) is 0. The molecular weight excluding hydrogens is 378 g/mol. The van der Waals surface area contributed by atoms with E-state index in [4.69, 9.17) is 14.0 Å². The summed E-state index contributed by atoms with van der Waals surface area (Å²) in [6.07, 6.45) is 6.52. The zero-order valence-electron chi connectivity index (χ0n) is 14.3. The minimum absolute atomic E-state index is 0.286. The Morgan fingerprint density at radius 3 is 2.29 bits per heavy atom. The first-order chi connectivity index (χ1) is 11.1. The van der Waals surface area contributed by atoms with Crippen LogP contribution in [0.1, 0.15) is 40.5 Å². The lowest BCUT2D eigenvalue weighted by Crippen LogP contribution is -2.41. The Morgan fingerprint density at radius 1 is 1.25 bits per heavy atom. The van der Waals surface area contributed by atoms with Crippen LogP contribution in [0.3, 0.4) is 0 Å². The molecule has 1 saturated heterocycles. The quantitative estimate of drug-likeness (QED) is 0.704. The van der Waals surface area contributed by atoms with E-state index in [1.165, 1.54) is 0 Å². The van der Waals surface area contributed by atoms with Crippen molar-refractivity contribution in [2.75, 3.05) is 6.61 Å². The summed E-state index contributed by atoms with van der Waals surface area (Å²) in [6.45, 7) is 7.95. The first-order valence-corrected chi connectivity index (χ1v) is 8.76. The number of ether oxygens (including phenoxy) is 1. The average Bonchev–Trinajstić information content (AvgIpc) is 3.20. The van der Waals surface area contributed by atoms with Crippen LogP contribution in [0.15, 0.2) is 28.7 Å². The molecule has 1 aliphatic carbocycles. The lowest BCUT2D eigenvalue weighted by molar-refractivity contribution is 0.00578. The summed E-state index contributed by atoms with van der Waals surface area (Å²) in [7, 11) is -0.962. The molecular formula is C16H21BBrFN2O3. The largest absolute Gasteiger partial charge is 0.524 e. The van der Waals surface area contributed by atoms with Crippen molar-refractivity contribution in [3.63, 3.8) is 0 Å². The molecule has 0 unspecified atom stereocenters. The second-order valence-electron chi connectivity index (χ2n) is 7.45. The smallest absolute Gasteiger partial charge is 0.463 e. The minimum Gasteiger partial charge on any atom is -0.463 e. The number of rotatable bonds is 5. The lowest BCUT2D eigenvalue weighted by atomic mass is 9.85. The summed E-state index contributed by atoms with van der Waals surface area (Å²) < 4.78 is 32.5. The average molecular weight is 399 g/mol. The van der Waals surface area contributed by atoms with E-state index in [1.807, 2.05) is 27.7 Å². The van der Waals surface area contributed by atoms with Gasteiger partial charge in [-0.1, -0.05) is 0 Å². The van der Waals surface area contributed by atoms with E-state index in [-0.39, 0.29) is 11.4 Å². The third-order valence-electron chi connectivity index (χ3n) is 4.90. The van der Waals surface area contributed by atoms with Crippen LogP contribution in [0, 0.1) is 5.41 Å². The van der Waals surface area contributed by atoms with Crippen molar-refractivity contribution < 1.29 is 18.4 Å². The molecule has 0 aromatic carbocycles. The van der Waals surface area contributed by atoms with Crippen molar-refractivity contribution in [2.24, 2.45) is 5.41 Å². The molecule has 1 aromatic rings. The monoisotopic (exact) mass is 398 g/mol. The van der Waals surface area contributed by atoms with Crippen LogP contribution in [0.2, 0.25) is 0 Å². The topological polar surface area (TPSA) is 53.5 Å². The third kappa shape index (κ3) is 3.65. The van der Waals surface area contributed by atoms with Gasteiger partial charge in [0.05, 0.1) is 15.7 Å². The van der Waals surface area contributed by atoms with E-state index < -0.39 is 24.0 Å². The molecule has 0 amide bonds. The second-order valence-corrected chi connectivity index (χ2v) is 8.37. The zero-order chi connectivity index (χ0) is 17.6. The summed E-state index contributed by atoms with van der Waals surface area (Å²) >= 11 is 3.27. The van der Waals surface area contributed by atoms with Gasteiger partial charge in [-0.2, -0.15) is 0 Å². The number of nitrogens with zero attached hydrogens (tertiary/aromatic N) is 2. The van der Waals surface area contributed by atoms with Gasteiger partial charge < -0.3 is 14.0 Å². The molecule has 8 heteroatoms. The maximum Gasteiger partial charge on any atom is 0.524 e. The normalized spacial score (nSPS) is 24.1. The molecule has 1 saturated carbocycles. The van der Waals surface area contributed by atoms with Gasteiger partial charge in [-0.25, -0.2) is 14.4 Å². The van der Waals surface area contributed by atoms with E-state index in [1.54, 1.807) is 18.5 Å². The maximum absolute atomic E-state index is 14.6. The Hall–Kier alpha value is -0.985. The van der Waals surface area contributed by atoms with Crippen LogP contribution < -0.4 is 4.74 Å². The van der Waals surface area contributed by atoms with Gasteiger partial charge in [-0.3, -0.25) is 0 Å². The highest BCUT2D eigenvalue weighted by molar-refractivity contribution is 9.10. The van der Waals surface area contributed by atoms with Gasteiger partial charge in [0.2, 0.25) is 0 Å². The van der Waals surface area contributed by atoms with Gasteiger partial charge in [-0.15, -0.1) is 0 Å². The Morgan fingerprint density at radius 2 is 1.79 bits per heavy atom. The minimum atomic E-state index is -0.962. The van der Waals surface area contributed by atoms with Gasteiger partial charge in [0.15, 0.2) is 0 Å². The molecule has 0 bridgehead atoms. The van der Waals surface area contributed by atoms with E-state index in [2.05, 4.69) is 25.9 Å². The number of hydrogen-bond acceptors (Lipinski definition) is 5. The van der Waals surface area contributed by atoms with Crippen molar-refractivity contribution in [3.05, 3.63) is 28.7 Å². The van der Waals surface area contributed by atoms with Crippen LogP contribution in [0.4, 0.5) is 4.39 Å². The van der Waals surface area contributed by atoms with E-state index in [0.717, 1.165) is 17.3 Å². The van der Waals surface area contributed by atoms with E-state index in [0.29, 0.717) is 6.61 Å². The van der Waals surface area contributed by atoms with Crippen LogP contribution in [0.25, 0.3) is 0 Å². The van der Waals surface area contributed by atoms with Crippen molar-refractivity contribution in [2.45, 2.75) is 51.7 Å². The first kappa shape index (κ1) is 17.8. The summed E-state index contributed by atoms with van der Waals surface area (Å²) in [5.74, 6) is 0. The van der Waals surface area contributed by atoms with Gasteiger partial charge in [0, 0.05) is 17.8 Å². The molecule has 130 valence electrons. The fourth-order valence-corrected chi connectivity index (χ4v) is 2.60. The highest BCUT2D eigenvalue weighted by Gasteiger charge is 2.54. The van der Waals surface area contributed by atoms with Crippen LogP contribution >= 0.6 is 15.9 Å². The highest BCUT2D eigenvalue weighted by atomic mass is 79.9. The van der Waals surface area contributed by atoms with E-state index in [9.17, 15) is 4.39 Å². The molecule has 24 heavy (non-hydrogen) atoms. The summed E-state index contributed by atoms with van der Waals surface area (Å²) in [5.41, 5.74) is -1.83. The Balaban J connectivity index is 1.63. The fourth-order valence-electron chi connectivity index (χ4n) is 2.39. The van der Waals surface area contributed by atoms with Crippen LogP contribution in [-0.2, 0) is 9.31 Å². The van der Waals surface area contributed by atoms with Crippen molar-refractivity contribution in [3.8, 4) is 6.01 Å². The predicted molar refractivity (Wildman–Crippen MR) is 92.2 cm³/mol. The number of hydrogen-bond donors (Lipinski definition) is 0. The summed E-state index contributed by atoms with van der Waals surface area (Å²) in [4.78, 5) is 8.12. The van der Waals surface area contributed by atoms with Crippen molar-refractivity contribution >= 4 is 23.0 Å². The number of halogens is 2. The predicted octanol–water partition coefficient (Wildman–Crippen LogP) is 3.88. The number of aromatic nitrogens is 2. The third-order valence-corrected chi connectivity index (χ3v) is 5.31. The molecule has 0 radical (unpaired) electrons. The molecule has 3 rings (SSSR count). The lowest BCUT2D eigenvalue weighted by Gasteiger charge is -2.32. The SMILES string of the molecule is CC1(C)OB(C(F)=CC2(COc3ncc(Br)cn3)CC2)OC1(C)C. The van der Waals surface area contributed by atoms with Crippen LogP contribution in [-0.4, -0.2) is 34.9 Å². The van der Waals surface area contributed by atoms with Crippen molar-refractivity contribution in [1.29, 1.82) is 0 Å². The molecule has 2 fully saturated rings. The van der Waals surface area contributed by atoms with Crippen molar-refractivity contribution in [1.82, 2.24) is 9.97 Å². The maximum atomic E-state index is 14.6. The van der Waals surface area contributed by atoms with E-state index >= 15 is 0 Å². The standard InChI is InChI=1S/C16H21BBrFN2O3/c1-14(2)15(3,4)24-17(23-14)12(19)7-16(5-6-16)10-22-13-20-8-11(18)9-21-13/h7-9H,5-6,10H2,1-4H3. The van der Waals surface area contributed by atoms with Gasteiger partial charge in [-0.05, 0) is 62.5 Å². The Bertz CT molecular complexity index is 631. The first-order valence-electron chi connectivity index (χ1n) is 7.97. The molecule has 2 heterocycles. The zero-order valence-corrected chi connectivity index (χ0v) is 15.9.